The molecule has 80 valence electrons. The summed E-state index contributed by atoms with van der Waals surface area (Å²) < 4.78 is 0. The molecule has 0 aromatic rings. The maximum Gasteiger partial charge on any atom is 0.158 e. The van der Waals surface area contributed by atoms with Crippen molar-refractivity contribution in [2.75, 3.05) is 0 Å². The van der Waals surface area contributed by atoms with Crippen LogP contribution in [0.1, 0.15) is 59.3 Å². The Kier molecular flexibility index (Phi) is 4.37. The minimum Gasteiger partial charge on any atom is -0.295 e. The molecule has 1 fully saturated rings. The Labute approximate surface area is 87.6 Å². The second kappa shape index (κ2) is 5.33. The van der Waals surface area contributed by atoms with Gasteiger partial charge in [-0.3, -0.25) is 4.79 Å². The molecule has 0 N–H and O–H groups in total. The maximum absolute atomic E-state index is 11.9. The van der Waals surface area contributed by atoms with Crippen LogP contribution in [0.2, 0.25) is 0 Å². The highest BCUT2D eigenvalue weighted by Gasteiger charge is 2.15. The third-order valence-electron chi connectivity index (χ3n) is 3.26. The van der Waals surface area contributed by atoms with Crippen molar-refractivity contribution in [2.24, 2.45) is 5.92 Å². The smallest absolute Gasteiger partial charge is 0.158 e. The lowest BCUT2D eigenvalue weighted by Gasteiger charge is -2.16. The third kappa shape index (κ3) is 2.97. The lowest BCUT2D eigenvalue weighted by atomic mass is 9.88. The van der Waals surface area contributed by atoms with Gasteiger partial charge in [0, 0.05) is 6.42 Å². The van der Waals surface area contributed by atoms with Crippen molar-refractivity contribution in [3.63, 3.8) is 0 Å². The fraction of sp³-hybridized carbons (Fsp3) is 0.769. The molecule has 1 rings (SSSR count). The van der Waals surface area contributed by atoms with E-state index < -0.39 is 0 Å². The van der Waals surface area contributed by atoms with Gasteiger partial charge in [-0.15, -0.1) is 0 Å². The van der Waals surface area contributed by atoms with Gasteiger partial charge in [0.05, 0.1) is 0 Å². The number of carbonyl (C=O) groups is 1. The third-order valence-corrected chi connectivity index (χ3v) is 3.26. The van der Waals surface area contributed by atoms with Gasteiger partial charge in [0.1, 0.15) is 0 Å². The maximum atomic E-state index is 11.9. The van der Waals surface area contributed by atoms with Crippen LogP contribution in [0.25, 0.3) is 0 Å². The molecule has 0 radical (unpaired) electrons. The number of rotatable bonds is 1. The Bertz CT molecular complexity index is 236. The summed E-state index contributed by atoms with van der Waals surface area (Å²) in [6, 6.07) is 0. The Morgan fingerprint density at radius 3 is 2.21 bits per heavy atom. The van der Waals surface area contributed by atoms with E-state index in [0.717, 1.165) is 24.8 Å². The molecular weight excluding hydrogens is 172 g/mol. The van der Waals surface area contributed by atoms with Crippen LogP contribution in [0, 0.1) is 5.92 Å². The summed E-state index contributed by atoms with van der Waals surface area (Å²) in [6.45, 7) is 6.47. The Morgan fingerprint density at radius 2 is 1.64 bits per heavy atom. The molecule has 1 aliphatic rings. The van der Waals surface area contributed by atoms with Gasteiger partial charge in [-0.1, -0.05) is 32.3 Å². The van der Waals surface area contributed by atoms with E-state index >= 15 is 0 Å². The van der Waals surface area contributed by atoms with Crippen LogP contribution in [0.5, 0.6) is 0 Å². The van der Waals surface area contributed by atoms with E-state index in [0.29, 0.717) is 11.7 Å². The highest BCUT2D eigenvalue weighted by Crippen LogP contribution is 2.24. The zero-order valence-electron chi connectivity index (χ0n) is 9.73. The summed E-state index contributed by atoms with van der Waals surface area (Å²) in [6.07, 6.45) is 6.61. The van der Waals surface area contributed by atoms with Crippen molar-refractivity contribution in [2.45, 2.75) is 59.3 Å². The highest BCUT2D eigenvalue weighted by molar-refractivity contribution is 5.96. The molecule has 0 atom stereocenters. The Balaban J connectivity index is 2.81. The summed E-state index contributed by atoms with van der Waals surface area (Å²) in [7, 11) is 0. The molecule has 0 aromatic heterocycles. The van der Waals surface area contributed by atoms with E-state index in [1.54, 1.807) is 0 Å². The standard InChI is InChI=1S/C13H22O/c1-10(2)11(3)12-8-6-4-5-7-9-13(12)14/h10H,4-9H2,1-3H3/b12-11+. The molecule has 0 amide bonds. The zero-order chi connectivity index (χ0) is 10.6. The molecular formula is C13H22O. The van der Waals surface area contributed by atoms with Gasteiger partial charge in [0.15, 0.2) is 5.78 Å². The van der Waals surface area contributed by atoms with Crippen LogP contribution in [-0.4, -0.2) is 5.78 Å². The number of carbonyl (C=O) groups excluding carboxylic acids is 1. The molecule has 0 unspecified atom stereocenters. The van der Waals surface area contributed by atoms with Crippen molar-refractivity contribution >= 4 is 5.78 Å². The van der Waals surface area contributed by atoms with Crippen molar-refractivity contribution < 1.29 is 4.79 Å². The molecule has 0 spiro atoms. The molecule has 1 nitrogen and oxygen atoms in total. The SMILES string of the molecule is C/C(=C1/CCCCCCC1=O)C(C)C. The van der Waals surface area contributed by atoms with Crippen LogP contribution in [0.3, 0.4) is 0 Å². The molecule has 1 saturated carbocycles. The van der Waals surface area contributed by atoms with Crippen LogP contribution >= 0.6 is 0 Å². The molecule has 0 heterocycles. The number of hydrogen-bond acceptors (Lipinski definition) is 1. The van der Waals surface area contributed by atoms with Gasteiger partial charge in [-0.05, 0) is 37.7 Å². The molecule has 0 aromatic carbocycles. The van der Waals surface area contributed by atoms with Crippen molar-refractivity contribution in [3.8, 4) is 0 Å². The van der Waals surface area contributed by atoms with E-state index in [9.17, 15) is 4.79 Å². The summed E-state index contributed by atoms with van der Waals surface area (Å²) in [4.78, 5) is 11.9. The van der Waals surface area contributed by atoms with Gasteiger partial charge in [-0.2, -0.15) is 0 Å². The predicted octanol–water partition coefficient (Wildman–Crippen LogP) is 3.88. The van der Waals surface area contributed by atoms with Crippen molar-refractivity contribution in [1.29, 1.82) is 0 Å². The monoisotopic (exact) mass is 194 g/mol. The van der Waals surface area contributed by atoms with Crippen LogP contribution in [0.15, 0.2) is 11.1 Å². The van der Waals surface area contributed by atoms with E-state index in [2.05, 4.69) is 20.8 Å². The molecule has 1 aliphatic carbocycles. The van der Waals surface area contributed by atoms with E-state index in [4.69, 9.17) is 0 Å². The normalized spacial score (nSPS) is 23.3. The first-order valence-corrected chi connectivity index (χ1v) is 5.85. The quantitative estimate of drug-likeness (QED) is 0.579. The molecule has 14 heavy (non-hydrogen) atoms. The molecule has 1 heteroatoms. The molecule has 0 bridgehead atoms. The summed E-state index contributed by atoms with van der Waals surface area (Å²) >= 11 is 0. The lowest BCUT2D eigenvalue weighted by molar-refractivity contribution is -0.116. The van der Waals surface area contributed by atoms with Crippen molar-refractivity contribution in [3.05, 3.63) is 11.1 Å². The minimum atomic E-state index is 0.413. The van der Waals surface area contributed by atoms with Gasteiger partial charge in [0.2, 0.25) is 0 Å². The van der Waals surface area contributed by atoms with Crippen LogP contribution < -0.4 is 0 Å². The van der Waals surface area contributed by atoms with Gasteiger partial charge in [-0.25, -0.2) is 0 Å². The number of allylic oxidation sites excluding steroid dienone is 2. The Morgan fingerprint density at radius 1 is 1.07 bits per heavy atom. The average molecular weight is 194 g/mol. The second-order valence-electron chi connectivity index (χ2n) is 4.65. The largest absolute Gasteiger partial charge is 0.295 e. The topological polar surface area (TPSA) is 17.1 Å². The fourth-order valence-corrected chi connectivity index (χ4v) is 2.00. The minimum absolute atomic E-state index is 0.413. The van der Waals surface area contributed by atoms with E-state index in [1.165, 1.54) is 24.8 Å². The summed E-state index contributed by atoms with van der Waals surface area (Å²) in [5.41, 5.74) is 2.46. The highest BCUT2D eigenvalue weighted by atomic mass is 16.1. The fourth-order valence-electron chi connectivity index (χ4n) is 2.00. The molecule has 0 saturated heterocycles. The summed E-state index contributed by atoms with van der Waals surface area (Å²) in [5, 5.41) is 0. The predicted molar refractivity (Wildman–Crippen MR) is 60.2 cm³/mol. The van der Waals surface area contributed by atoms with Crippen LogP contribution in [-0.2, 0) is 4.79 Å². The second-order valence-corrected chi connectivity index (χ2v) is 4.65. The first kappa shape index (κ1) is 11.5. The van der Waals surface area contributed by atoms with Gasteiger partial charge >= 0.3 is 0 Å². The van der Waals surface area contributed by atoms with Crippen LogP contribution in [0.4, 0.5) is 0 Å². The first-order valence-electron chi connectivity index (χ1n) is 5.85. The first-order chi connectivity index (χ1) is 6.63. The average Bonchev–Trinajstić information content (AvgIpc) is 2.11. The zero-order valence-corrected chi connectivity index (χ0v) is 9.73. The summed E-state index contributed by atoms with van der Waals surface area (Å²) in [5.74, 6) is 0.935. The van der Waals surface area contributed by atoms with E-state index in [-0.39, 0.29) is 0 Å². The van der Waals surface area contributed by atoms with Crippen molar-refractivity contribution in [1.82, 2.24) is 0 Å². The van der Waals surface area contributed by atoms with E-state index in [1.807, 2.05) is 0 Å². The van der Waals surface area contributed by atoms with Gasteiger partial charge in [0.25, 0.3) is 0 Å². The lowest BCUT2D eigenvalue weighted by Crippen LogP contribution is -2.10. The Hall–Kier alpha value is -0.590. The number of ketones is 1. The van der Waals surface area contributed by atoms with Gasteiger partial charge < -0.3 is 0 Å². The number of hydrogen-bond donors (Lipinski definition) is 0. The number of Topliss-reactive ketones (excluding diaryl/α,β-unsaturated/α-hetero) is 1. The molecule has 0 aliphatic heterocycles.